The summed E-state index contributed by atoms with van der Waals surface area (Å²) in [4.78, 5) is 15.2. The number of thiophene rings is 1. The van der Waals surface area contributed by atoms with Crippen LogP contribution in [-0.2, 0) is 0 Å². The van der Waals surface area contributed by atoms with E-state index in [2.05, 4.69) is 11.8 Å². The third-order valence-corrected chi connectivity index (χ3v) is 6.00. The van der Waals surface area contributed by atoms with Gasteiger partial charge in [0.25, 0.3) is 0 Å². The Kier molecular flexibility index (Phi) is 4.79. The number of nitrogens with zero attached hydrogens (tertiary/aromatic N) is 1. The van der Waals surface area contributed by atoms with E-state index in [-0.39, 0.29) is 11.7 Å². The number of nitrogen functional groups attached to an aromatic ring is 1. The van der Waals surface area contributed by atoms with Crippen molar-refractivity contribution in [3.8, 4) is 0 Å². The molecule has 1 aliphatic rings. The second kappa shape index (κ2) is 6.18. The average Bonchev–Trinajstić information content (AvgIpc) is 2.80. The Hall–Kier alpha value is -0.680. The molecular weight excluding hydrogens is 276 g/mol. The van der Waals surface area contributed by atoms with Crippen LogP contribution >= 0.6 is 23.1 Å². The third-order valence-electron chi connectivity index (χ3n) is 3.40. The zero-order chi connectivity index (χ0) is 14.0. The highest BCUT2D eigenvalue weighted by atomic mass is 32.2. The number of thioether (sulfide) groups is 1. The normalized spacial score (nSPS) is 20.0. The lowest BCUT2D eigenvalue weighted by Crippen LogP contribution is -2.37. The van der Waals surface area contributed by atoms with Crippen LogP contribution in [-0.4, -0.2) is 29.9 Å². The number of rotatable bonds is 4. The largest absolute Gasteiger partial charge is 0.397 e. The van der Waals surface area contributed by atoms with Crippen molar-refractivity contribution >= 4 is 39.6 Å². The average molecular weight is 298 g/mol. The van der Waals surface area contributed by atoms with E-state index in [1.165, 1.54) is 6.42 Å². The molecule has 3 nitrogen and oxygen atoms in total. The van der Waals surface area contributed by atoms with Crippen molar-refractivity contribution in [1.82, 2.24) is 0 Å². The van der Waals surface area contributed by atoms with Gasteiger partial charge in [0.2, 0.25) is 0 Å². The standard InChI is InChI=1S/C14H22N2OS2/c1-4-10-8-16(5-6-18-10)12-7-11(15)14(19-12)13(17)9(2)3/h7,9-10H,4-6,8,15H2,1-3H3. The second-order valence-corrected chi connectivity index (χ2v) is 7.67. The van der Waals surface area contributed by atoms with Gasteiger partial charge >= 0.3 is 0 Å². The Balaban J connectivity index is 2.17. The maximum atomic E-state index is 12.1. The molecule has 1 atom stereocenters. The molecule has 0 bridgehead atoms. The van der Waals surface area contributed by atoms with Crippen molar-refractivity contribution in [3.63, 3.8) is 0 Å². The summed E-state index contributed by atoms with van der Waals surface area (Å²) >= 11 is 3.61. The van der Waals surface area contributed by atoms with Crippen molar-refractivity contribution < 1.29 is 4.79 Å². The molecule has 2 N–H and O–H groups in total. The van der Waals surface area contributed by atoms with Gasteiger partial charge in [0.05, 0.1) is 15.6 Å². The lowest BCUT2D eigenvalue weighted by molar-refractivity contribution is 0.0944. The fraction of sp³-hybridized carbons (Fsp3) is 0.643. The van der Waals surface area contributed by atoms with Crippen LogP contribution < -0.4 is 10.6 Å². The summed E-state index contributed by atoms with van der Waals surface area (Å²) in [5, 5.41) is 1.85. The molecule has 2 heterocycles. The molecule has 1 aliphatic heterocycles. The van der Waals surface area contributed by atoms with E-state index in [1.807, 2.05) is 31.7 Å². The summed E-state index contributed by atoms with van der Waals surface area (Å²) in [7, 11) is 0. The first-order valence-corrected chi connectivity index (χ1v) is 8.69. The van der Waals surface area contributed by atoms with Crippen molar-refractivity contribution in [3.05, 3.63) is 10.9 Å². The molecule has 1 saturated heterocycles. The molecule has 0 aliphatic carbocycles. The minimum absolute atomic E-state index is 0.00843. The van der Waals surface area contributed by atoms with Crippen molar-refractivity contribution in [2.24, 2.45) is 5.92 Å². The molecule has 2 rings (SSSR count). The topological polar surface area (TPSA) is 46.3 Å². The molecule has 19 heavy (non-hydrogen) atoms. The Bertz CT molecular complexity index is 456. The number of anilines is 2. The summed E-state index contributed by atoms with van der Waals surface area (Å²) < 4.78 is 0. The van der Waals surface area contributed by atoms with Crippen LogP contribution in [0.1, 0.15) is 36.9 Å². The minimum atomic E-state index is 0.00843. The maximum Gasteiger partial charge on any atom is 0.177 e. The molecule has 1 unspecified atom stereocenters. The Morgan fingerprint density at radius 3 is 2.95 bits per heavy atom. The number of nitrogens with two attached hydrogens (primary N) is 1. The highest BCUT2D eigenvalue weighted by Gasteiger charge is 2.23. The van der Waals surface area contributed by atoms with Gasteiger partial charge in [0.1, 0.15) is 0 Å². The van der Waals surface area contributed by atoms with E-state index in [4.69, 9.17) is 5.73 Å². The van der Waals surface area contributed by atoms with E-state index in [1.54, 1.807) is 11.3 Å². The molecule has 0 spiro atoms. The summed E-state index contributed by atoms with van der Waals surface area (Å²) in [5.41, 5.74) is 6.66. The third kappa shape index (κ3) is 3.26. The molecule has 1 aromatic rings. The Labute approximate surface area is 123 Å². The van der Waals surface area contributed by atoms with Crippen molar-refractivity contribution in [2.75, 3.05) is 29.5 Å². The molecule has 5 heteroatoms. The first-order chi connectivity index (χ1) is 9.02. The van der Waals surface area contributed by atoms with Gasteiger partial charge in [0.15, 0.2) is 5.78 Å². The number of Topliss-reactive ketones (excluding diaryl/α,β-unsaturated/α-hetero) is 1. The van der Waals surface area contributed by atoms with Crippen LogP contribution in [0, 0.1) is 5.92 Å². The molecule has 0 amide bonds. The highest BCUT2D eigenvalue weighted by Crippen LogP contribution is 2.36. The minimum Gasteiger partial charge on any atom is -0.397 e. The van der Waals surface area contributed by atoms with Gasteiger partial charge < -0.3 is 10.6 Å². The number of carbonyl (C=O) groups excluding carboxylic acids is 1. The monoisotopic (exact) mass is 298 g/mol. The number of hydrogen-bond acceptors (Lipinski definition) is 5. The van der Waals surface area contributed by atoms with Gasteiger partial charge in [-0.25, -0.2) is 0 Å². The van der Waals surface area contributed by atoms with E-state index in [0.717, 1.165) is 28.7 Å². The van der Waals surface area contributed by atoms with Gasteiger partial charge in [-0.3, -0.25) is 4.79 Å². The second-order valence-electron chi connectivity index (χ2n) is 5.24. The van der Waals surface area contributed by atoms with E-state index < -0.39 is 0 Å². The summed E-state index contributed by atoms with van der Waals surface area (Å²) in [6, 6.07) is 1.98. The number of ketones is 1. The first kappa shape index (κ1) is 14.7. The smallest absolute Gasteiger partial charge is 0.177 e. The zero-order valence-corrected chi connectivity index (χ0v) is 13.4. The van der Waals surface area contributed by atoms with Gasteiger partial charge in [-0.1, -0.05) is 20.8 Å². The lowest BCUT2D eigenvalue weighted by atomic mass is 10.1. The maximum absolute atomic E-state index is 12.1. The fourth-order valence-corrected chi connectivity index (χ4v) is 4.55. The van der Waals surface area contributed by atoms with E-state index in [0.29, 0.717) is 10.9 Å². The predicted molar refractivity (Wildman–Crippen MR) is 86.6 cm³/mol. The van der Waals surface area contributed by atoms with Crippen molar-refractivity contribution in [1.29, 1.82) is 0 Å². The fourth-order valence-electron chi connectivity index (χ4n) is 2.17. The zero-order valence-electron chi connectivity index (χ0n) is 11.8. The highest BCUT2D eigenvalue weighted by molar-refractivity contribution is 8.00. The van der Waals surface area contributed by atoms with Crippen LogP contribution in [0.3, 0.4) is 0 Å². The quantitative estimate of drug-likeness (QED) is 0.864. The molecule has 0 radical (unpaired) electrons. The van der Waals surface area contributed by atoms with Crippen molar-refractivity contribution in [2.45, 2.75) is 32.4 Å². The summed E-state index contributed by atoms with van der Waals surface area (Å²) in [6.45, 7) is 8.20. The van der Waals surface area contributed by atoms with Crippen LogP contribution in [0.4, 0.5) is 10.7 Å². The Morgan fingerprint density at radius 1 is 1.58 bits per heavy atom. The molecule has 106 valence electrons. The summed E-state index contributed by atoms with van der Waals surface area (Å²) in [5.74, 6) is 1.32. The predicted octanol–water partition coefficient (Wildman–Crippen LogP) is 3.50. The van der Waals surface area contributed by atoms with Gasteiger partial charge in [-0.2, -0.15) is 11.8 Å². The van der Waals surface area contributed by atoms with Gasteiger partial charge in [-0.15, -0.1) is 11.3 Å². The SMILES string of the molecule is CCC1CN(c2cc(N)c(C(=O)C(C)C)s2)CCS1. The number of hydrogen-bond donors (Lipinski definition) is 1. The Morgan fingerprint density at radius 2 is 2.32 bits per heavy atom. The molecule has 1 aromatic heterocycles. The molecule has 1 fully saturated rings. The molecule has 0 aromatic carbocycles. The van der Waals surface area contributed by atoms with Gasteiger partial charge in [-0.05, 0) is 12.5 Å². The lowest BCUT2D eigenvalue weighted by Gasteiger charge is -2.32. The van der Waals surface area contributed by atoms with Crippen LogP contribution in [0.15, 0.2) is 6.07 Å². The van der Waals surface area contributed by atoms with Crippen LogP contribution in [0.2, 0.25) is 0 Å². The summed E-state index contributed by atoms with van der Waals surface area (Å²) in [6.07, 6.45) is 1.19. The van der Waals surface area contributed by atoms with Gasteiger partial charge in [0, 0.05) is 30.0 Å². The molecule has 0 saturated carbocycles. The molecular formula is C14H22N2OS2. The van der Waals surface area contributed by atoms with E-state index in [9.17, 15) is 4.79 Å². The first-order valence-electron chi connectivity index (χ1n) is 6.83. The number of carbonyl (C=O) groups is 1. The van der Waals surface area contributed by atoms with E-state index >= 15 is 0 Å². The van der Waals surface area contributed by atoms with Crippen LogP contribution in [0.5, 0.6) is 0 Å². The van der Waals surface area contributed by atoms with Crippen LogP contribution in [0.25, 0.3) is 0 Å².